The maximum atomic E-state index is 11.9. The fourth-order valence-electron chi connectivity index (χ4n) is 1.50. The van der Waals surface area contributed by atoms with Crippen molar-refractivity contribution in [2.75, 3.05) is 19.0 Å². The van der Waals surface area contributed by atoms with Gasteiger partial charge in [-0.3, -0.25) is 0 Å². The standard InChI is InChI=1S/C12H14N6O3/c1-3-21-12(19)8(10-15-17-18-16-10)7-14-11-9(20-2)5-4-6-13-11/h4-7H,3H2,1-2H3,(H,13,14)(H,15,16,17,18). The van der Waals surface area contributed by atoms with Crippen LogP contribution in [0.1, 0.15) is 12.7 Å². The Morgan fingerprint density at radius 1 is 1.52 bits per heavy atom. The third-order valence-corrected chi connectivity index (χ3v) is 2.43. The minimum absolute atomic E-state index is 0.121. The number of aromatic nitrogens is 5. The number of aromatic amines is 1. The van der Waals surface area contributed by atoms with E-state index in [-0.39, 0.29) is 18.0 Å². The lowest BCUT2D eigenvalue weighted by Crippen LogP contribution is -2.10. The Morgan fingerprint density at radius 3 is 3.05 bits per heavy atom. The highest BCUT2D eigenvalue weighted by molar-refractivity contribution is 6.15. The number of ether oxygens (including phenoxy) is 2. The van der Waals surface area contributed by atoms with E-state index in [0.717, 1.165) is 0 Å². The van der Waals surface area contributed by atoms with Crippen molar-refractivity contribution >= 4 is 17.4 Å². The second-order valence-electron chi connectivity index (χ2n) is 3.71. The number of carbonyl (C=O) groups is 1. The Hall–Kier alpha value is -2.97. The van der Waals surface area contributed by atoms with Gasteiger partial charge in [-0.2, -0.15) is 5.21 Å². The van der Waals surface area contributed by atoms with E-state index in [1.807, 2.05) is 0 Å². The molecule has 0 atom stereocenters. The maximum Gasteiger partial charge on any atom is 0.343 e. The molecule has 0 saturated carbocycles. The van der Waals surface area contributed by atoms with E-state index in [1.54, 1.807) is 25.3 Å². The Bertz CT molecular complexity index is 626. The van der Waals surface area contributed by atoms with E-state index < -0.39 is 5.97 Å². The summed E-state index contributed by atoms with van der Waals surface area (Å²) in [6, 6.07) is 3.47. The summed E-state index contributed by atoms with van der Waals surface area (Å²) in [5, 5.41) is 16.1. The largest absolute Gasteiger partial charge is 0.493 e. The number of nitrogens with zero attached hydrogens (tertiary/aromatic N) is 4. The van der Waals surface area contributed by atoms with Crippen molar-refractivity contribution in [1.29, 1.82) is 0 Å². The number of nitrogens with one attached hydrogen (secondary N) is 2. The summed E-state index contributed by atoms with van der Waals surface area (Å²) in [6.45, 7) is 1.95. The van der Waals surface area contributed by atoms with Crippen LogP contribution in [-0.2, 0) is 9.53 Å². The Balaban J connectivity index is 2.26. The predicted octanol–water partition coefficient (Wildman–Crippen LogP) is 0.619. The summed E-state index contributed by atoms with van der Waals surface area (Å²) in [6.07, 6.45) is 2.99. The molecule has 0 fully saturated rings. The lowest BCUT2D eigenvalue weighted by molar-refractivity contribution is -0.136. The first-order valence-electron chi connectivity index (χ1n) is 6.13. The van der Waals surface area contributed by atoms with Crippen molar-refractivity contribution in [3.05, 3.63) is 30.4 Å². The van der Waals surface area contributed by atoms with E-state index in [4.69, 9.17) is 9.47 Å². The van der Waals surface area contributed by atoms with Crippen LogP contribution in [0.25, 0.3) is 5.57 Å². The average molecular weight is 290 g/mol. The van der Waals surface area contributed by atoms with Crippen LogP contribution in [-0.4, -0.2) is 45.3 Å². The number of carbonyl (C=O) groups excluding carboxylic acids is 1. The SMILES string of the molecule is CCOC(=O)C(=CNc1ncccc1OC)c1nn[nH]n1. The molecule has 0 aliphatic carbocycles. The zero-order valence-electron chi connectivity index (χ0n) is 11.5. The number of tetrazole rings is 1. The summed E-state index contributed by atoms with van der Waals surface area (Å²) in [5.41, 5.74) is 0.123. The Kier molecular flexibility index (Phi) is 4.80. The van der Waals surface area contributed by atoms with Crippen molar-refractivity contribution in [1.82, 2.24) is 25.6 Å². The van der Waals surface area contributed by atoms with Gasteiger partial charge >= 0.3 is 5.97 Å². The fraction of sp³-hybridized carbons (Fsp3) is 0.250. The van der Waals surface area contributed by atoms with Gasteiger partial charge in [-0.15, -0.1) is 10.2 Å². The molecule has 0 aliphatic heterocycles. The van der Waals surface area contributed by atoms with Crippen LogP contribution in [0.4, 0.5) is 5.82 Å². The highest BCUT2D eigenvalue weighted by atomic mass is 16.5. The van der Waals surface area contributed by atoms with Crippen LogP contribution in [0.2, 0.25) is 0 Å². The van der Waals surface area contributed by atoms with Gasteiger partial charge in [0.05, 0.1) is 13.7 Å². The van der Waals surface area contributed by atoms with Gasteiger partial charge in [-0.05, 0) is 24.3 Å². The number of anilines is 1. The second kappa shape index (κ2) is 6.98. The van der Waals surface area contributed by atoms with Crippen molar-refractivity contribution in [3.8, 4) is 5.75 Å². The van der Waals surface area contributed by atoms with Crippen LogP contribution in [0.15, 0.2) is 24.5 Å². The molecule has 0 saturated heterocycles. The maximum absolute atomic E-state index is 11.9. The molecule has 0 aliphatic rings. The predicted molar refractivity (Wildman–Crippen MR) is 73.2 cm³/mol. The van der Waals surface area contributed by atoms with Gasteiger partial charge in [-0.1, -0.05) is 0 Å². The lowest BCUT2D eigenvalue weighted by Gasteiger charge is -2.07. The third-order valence-electron chi connectivity index (χ3n) is 2.43. The minimum atomic E-state index is -0.568. The average Bonchev–Trinajstić information content (AvgIpc) is 3.02. The lowest BCUT2D eigenvalue weighted by atomic mass is 10.3. The molecule has 2 heterocycles. The summed E-state index contributed by atoms with van der Waals surface area (Å²) in [7, 11) is 1.53. The summed E-state index contributed by atoms with van der Waals surface area (Å²) < 4.78 is 10.1. The highest BCUT2D eigenvalue weighted by Gasteiger charge is 2.18. The molecule has 21 heavy (non-hydrogen) atoms. The fourth-order valence-corrected chi connectivity index (χ4v) is 1.50. The molecule has 0 amide bonds. The van der Waals surface area contributed by atoms with E-state index >= 15 is 0 Å². The second-order valence-corrected chi connectivity index (χ2v) is 3.71. The summed E-state index contributed by atoms with van der Waals surface area (Å²) >= 11 is 0. The zero-order valence-corrected chi connectivity index (χ0v) is 11.5. The topological polar surface area (TPSA) is 115 Å². The first kappa shape index (κ1) is 14.4. The molecule has 2 aromatic rings. The normalized spacial score (nSPS) is 11.0. The van der Waals surface area contributed by atoms with Crippen LogP contribution in [0, 0.1) is 0 Å². The summed E-state index contributed by atoms with van der Waals surface area (Å²) in [4.78, 5) is 16.0. The third kappa shape index (κ3) is 3.53. The van der Waals surface area contributed by atoms with E-state index in [2.05, 4.69) is 30.9 Å². The number of pyridine rings is 1. The first-order valence-corrected chi connectivity index (χ1v) is 6.13. The van der Waals surface area contributed by atoms with Crippen LogP contribution in [0.5, 0.6) is 5.75 Å². The van der Waals surface area contributed by atoms with Gasteiger partial charge in [0, 0.05) is 12.4 Å². The molecule has 0 aromatic carbocycles. The van der Waals surface area contributed by atoms with Crippen molar-refractivity contribution in [2.24, 2.45) is 0 Å². The van der Waals surface area contributed by atoms with E-state index in [1.165, 1.54) is 13.3 Å². The summed E-state index contributed by atoms with van der Waals surface area (Å²) in [5.74, 6) is 0.535. The van der Waals surface area contributed by atoms with Crippen molar-refractivity contribution in [3.63, 3.8) is 0 Å². The van der Waals surface area contributed by atoms with Gasteiger partial charge in [0.15, 0.2) is 11.6 Å². The van der Waals surface area contributed by atoms with Gasteiger partial charge in [0.2, 0.25) is 5.82 Å². The van der Waals surface area contributed by atoms with Gasteiger partial charge in [-0.25, -0.2) is 9.78 Å². The molecule has 0 radical (unpaired) electrons. The quantitative estimate of drug-likeness (QED) is 0.587. The molecule has 9 nitrogen and oxygen atoms in total. The van der Waals surface area contributed by atoms with E-state index in [0.29, 0.717) is 11.6 Å². The first-order chi connectivity index (χ1) is 10.3. The minimum Gasteiger partial charge on any atom is -0.493 e. The van der Waals surface area contributed by atoms with Crippen LogP contribution >= 0.6 is 0 Å². The van der Waals surface area contributed by atoms with Gasteiger partial charge in [0.1, 0.15) is 5.57 Å². The smallest absolute Gasteiger partial charge is 0.343 e. The number of rotatable bonds is 6. The molecular formula is C12H14N6O3. The number of methoxy groups -OCH3 is 1. The number of esters is 1. The van der Waals surface area contributed by atoms with E-state index in [9.17, 15) is 4.79 Å². The molecule has 0 bridgehead atoms. The van der Waals surface area contributed by atoms with Crippen LogP contribution in [0.3, 0.4) is 0 Å². The molecule has 0 unspecified atom stereocenters. The molecule has 2 N–H and O–H groups in total. The molecular weight excluding hydrogens is 276 g/mol. The molecule has 2 aromatic heterocycles. The molecule has 2 rings (SSSR count). The van der Waals surface area contributed by atoms with Crippen LogP contribution < -0.4 is 10.1 Å². The molecule has 9 heteroatoms. The monoisotopic (exact) mass is 290 g/mol. The zero-order chi connectivity index (χ0) is 15.1. The Labute approximate surface area is 120 Å². The van der Waals surface area contributed by atoms with Crippen molar-refractivity contribution < 1.29 is 14.3 Å². The molecule has 0 spiro atoms. The van der Waals surface area contributed by atoms with Crippen molar-refractivity contribution in [2.45, 2.75) is 6.92 Å². The van der Waals surface area contributed by atoms with Gasteiger partial charge < -0.3 is 14.8 Å². The highest BCUT2D eigenvalue weighted by Crippen LogP contribution is 2.21. The number of H-pyrrole nitrogens is 1. The van der Waals surface area contributed by atoms with Gasteiger partial charge in [0.25, 0.3) is 0 Å². The Morgan fingerprint density at radius 2 is 2.38 bits per heavy atom. The number of hydrogen-bond donors (Lipinski definition) is 2. The number of hydrogen-bond acceptors (Lipinski definition) is 8. The molecule has 110 valence electrons.